The van der Waals surface area contributed by atoms with E-state index in [1.54, 1.807) is 12.1 Å². The summed E-state index contributed by atoms with van der Waals surface area (Å²) in [6.45, 7) is 0. The highest BCUT2D eigenvalue weighted by molar-refractivity contribution is 7.90. The van der Waals surface area contributed by atoms with Crippen molar-refractivity contribution in [3.63, 3.8) is 0 Å². The smallest absolute Gasteiger partial charge is 0.227 e. The van der Waals surface area contributed by atoms with Crippen molar-refractivity contribution < 1.29 is 13.2 Å². The lowest BCUT2D eigenvalue weighted by Crippen LogP contribution is -2.13. The van der Waals surface area contributed by atoms with Crippen LogP contribution in [0.15, 0.2) is 29.2 Å². The van der Waals surface area contributed by atoms with Crippen LogP contribution in [-0.2, 0) is 14.6 Å². The number of amides is 1. The number of rotatable bonds is 3. The van der Waals surface area contributed by atoms with Gasteiger partial charge >= 0.3 is 0 Å². The van der Waals surface area contributed by atoms with Crippen molar-refractivity contribution in [2.75, 3.05) is 11.6 Å². The van der Waals surface area contributed by atoms with Gasteiger partial charge in [0, 0.05) is 17.9 Å². The van der Waals surface area contributed by atoms with E-state index in [1.807, 2.05) is 0 Å². The summed E-state index contributed by atoms with van der Waals surface area (Å²) in [5, 5.41) is 2.75. The number of nitrogens with one attached hydrogen (secondary N) is 1. The molecule has 0 aromatic heterocycles. The molecule has 1 saturated carbocycles. The van der Waals surface area contributed by atoms with E-state index in [1.165, 1.54) is 12.1 Å². The monoisotopic (exact) mass is 239 g/mol. The zero-order valence-electron chi connectivity index (χ0n) is 8.93. The lowest BCUT2D eigenvalue weighted by molar-refractivity contribution is -0.117. The molecule has 2 rings (SSSR count). The Morgan fingerprint density at radius 3 is 2.25 bits per heavy atom. The van der Waals surface area contributed by atoms with Gasteiger partial charge in [0.15, 0.2) is 9.84 Å². The fourth-order valence-corrected chi connectivity index (χ4v) is 2.01. The van der Waals surface area contributed by atoms with Crippen LogP contribution < -0.4 is 5.32 Å². The number of hydrogen-bond acceptors (Lipinski definition) is 3. The Morgan fingerprint density at radius 1 is 1.25 bits per heavy atom. The highest BCUT2D eigenvalue weighted by atomic mass is 32.2. The molecule has 0 unspecified atom stereocenters. The quantitative estimate of drug-likeness (QED) is 0.868. The topological polar surface area (TPSA) is 63.2 Å². The third kappa shape index (κ3) is 2.61. The second-order valence-electron chi connectivity index (χ2n) is 4.06. The first-order valence-corrected chi connectivity index (χ1v) is 6.97. The predicted molar refractivity (Wildman–Crippen MR) is 60.9 cm³/mol. The van der Waals surface area contributed by atoms with Crippen molar-refractivity contribution in [2.24, 2.45) is 5.92 Å². The van der Waals surface area contributed by atoms with Gasteiger partial charge in [0.1, 0.15) is 0 Å². The number of anilines is 1. The van der Waals surface area contributed by atoms with Gasteiger partial charge in [-0.2, -0.15) is 0 Å². The molecule has 0 bridgehead atoms. The molecule has 0 heterocycles. The number of carbonyl (C=O) groups excluding carboxylic acids is 1. The van der Waals surface area contributed by atoms with Gasteiger partial charge in [-0.05, 0) is 37.1 Å². The maximum absolute atomic E-state index is 11.4. The molecular weight excluding hydrogens is 226 g/mol. The minimum atomic E-state index is -3.16. The summed E-state index contributed by atoms with van der Waals surface area (Å²) in [6.07, 6.45) is 3.06. The van der Waals surface area contributed by atoms with Crippen molar-refractivity contribution in [3.05, 3.63) is 24.3 Å². The van der Waals surface area contributed by atoms with Crippen LogP contribution in [0.25, 0.3) is 0 Å². The summed E-state index contributed by atoms with van der Waals surface area (Å²) in [5.74, 6) is 0.168. The summed E-state index contributed by atoms with van der Waals surface area (Å²) in [5.41, 5.74) is 0.643. The van der Waals surface area contributed by atoms with Gasteiger partial charge in [-0.3, -0.25) is 4.79 Å². The third-order valence-corrected chi connectivity index (χ3v) is 3.63. The van der Waals surface area contributed by atoms with E-state index in [9.17, 15) is 13.2 Å². The van der Waals surface area contributed by atoms with E-state index in [0.717, 1.165) is 19.1 Å². The first-order valence-electron chi connectivity index (χ1n) is 5.08. The van der Waals surface area contributed by atoms with Crippen LogP contribution in [0.3, 0.4) is 0 Å². The SMILES string of the molecule is CS(=O)(=O)c1ccc(NC(=O)C2CC2)cc1. The molecule has 5 heteroatoms. The fourth-order valence-electron chi connectivity index (χ4n) is 1.38. The molecule has 86 valence electrons. The highest BCUT2D eigenvalue weighted by Gasteiger charge is 2.29. The third-order valence-electron chi connectivity index (χ3n) is 2.50. The molecule has 1 aliphatic rings. The summed E-state index contributed by atoms with van der Waals surface area (Å²) >= 11 is 0. The molecule has 1 amide bonds. The normalized spacial score (nSPS) is 15.8. The summed E-state index contributed by atoms with van der Waals surface area (Å²) in [7, 11) is -3.16. The van der Waals surface area contributed by atoms with Gasteiger partial charge in [-0.25, -0.2) is 8.42 Å². The van der Waals surface area contributed by atoms with Gasteiger partial charge in [-0.1, -0.05) is 0 Å². The summed E-state index contributed by atoms with van der Waals surface area (Å²) < 4.78 is 22.4. The molecule has 0 spiro atoms. The van der Waals surface area contributed by atoms with Crippen LogP contribution in [-0.4, -0.2) is 20.6 Å². The minimum Gasteiger partial charge on any atom is -0.326 e. The Labute approximate surface area is 94.6 Å². The lowest BCUT2D eigenvalue weighted by Gasteiger charge is -2.04. The largest absolute Gasteiger partial charge is 0.326 e. The van der Waals surface area contributed by atoms with Crippen LogP contribution in [0.4, 0.5) is 5.69 Å². The van der Waals surface area contributed by atoms with Crippen LogP contribution in [0.5, 0.6) is 0 Å². The molecule has 1 N–H and O–H groups in total. The van der Waals surface area contributed by atoms with Crippen molar-refractivity contribution in [3.8, 4) is 0 Å². The summed E-state index contributed by atoms with van der Waals surface area (Å²) in [4.78, 5) is 11.7. The van der Waals surface area contributed by atoms with Gasteiger partial charge in [0.2, 0.25) is 5.91 Å². The second kappa shape index (κ2) is 3.90. The van der Waals surface area contributed by atoms with E-state index < -0.39 is 9.84 Å². The zero-order chi connectivity index (χ0) is 11.8. The van der Waals surface area contributed by atoms with Crippen LogP contribution >= 0.6 is 0 Å². The van der Waals surface area contributed by atoms with Crippen molar-refractivity contribution >= 4 is 21.4 Å². The average molecular weight is 239 g/mol. The summed E-state index contributed by atoms with van der Waals surface area (Å²) in [6, 6.07) is 6.21. The molecule has 1 aromatic rings. The Hall–Kier alpha value is -1.36. The van der Waals surface area contributed by atoms with Gasteiger partial charge in [-0.15, -0.1) is 0 Å². The molecule has 1 aromatic carbocycles. The van der Waals surface area contributed by atoms with E-state index in [0.29, 0.717) is 5.69 Å². The fraction of sp³-hybridized carbons (Fsp3) is 0.364. The second-order valence-corrected chi connectivity index (χ2v) is 6.08. The predicted octanol–water partition coefficient (Wildman–Crippen LogP) is 1.44. The van der Waals surface area contributed by atoms with Crippen molar-refractivity contribution in [1.29, 1.82) is 0 Å². The van der Waals surface area contributed by atoms with Gasteiger partial charge in [0.05, 0.1) is 4.90 Å². The van der Waals surface area contributed by atoms with E-state index in [4.69, 9.17) is 0 Å². The molecular formula is C11H13NO3S. The first kappa shape index (κ1) is 11.1. The maximum Gasteiger partial charge on any atom is 0.227 e. The average Bonchev–Trinajstić information content (AvgIpc) is 3.00. The van der Waals surface area contributed by atoms with Crippen LogP contribution in [0, 0.1) is 5.92 Å². The molecule has 4 nitrogen and oxygen atoms in total. The molecule has 16 heavy (non-hydrogen) atoms. The van der Waals surface area contributed by atoms with Gasteiger partial charge in [0.25, 0.3) is 0 Å². The molecule has 0 atom stereocenters. The molecule has 1 fully saturated rings. The number of hydrogen-bond donors (Lipinski definition) is 1. The van der Waals surface area contributed by atoms with E-state index >= 15 is 0 Å². The van der Waals surface area contributed by atoms with Crippen molar-refractivity contribution in [2.45, 2.75) is 17.7 Å². The highest BCUT2D eigenvalue weighted by Crippen LogP contribution is 2.30. The Kier molecular flexibility index (Phi) is 2.71. The Balaban J connectivity index is 2.10. The zero-order valence-corrected chi connectivity index (χ0v) is 9.75. The molecule has 0 aliphatic heterocycles. The standard InChI is InChI=1S/C11H13NO3S/c1-16(14,15)10-6-4-9(5-7-10)12-11(13)8-2-3-8/h4-8H,2-3H2,1H3,(H,12,13). The van der Waals surface area contributed by atoms with E-state index in [2.05, 4.69) is 5.32 Å². The molecule has 1 aliphatic carbocycles. The van der Waals surface area contributed by atoms with Crippen molar-refractivity contribution in [1.82, 2.24) is 0 Å². The van der Waals surface area contributed by atoms with Crippen LogP contribution in [0.2, 0.25) is 0 Å². The van der Waals surface area contributed by atoms with Crippen LogP contribution in [0.1, 0.15) is 12.8 Å². The molecule has 0 saturated heterocycles. The molecule has 0 radical (unpaired) electrons. The first-order chi connectivity index (χ1) is 7.47. The lowest BCUT2D eigenvalue weighted by atomic mass is 10.3. The Morgan fingerprint density at radius 2 is 1.81 bits per heavy atom. The number of carbonyl (C=O) groups is 1. The number of benzene rings is 1. The maximum atomic E-state index is 11.4. The van der Waals surface area contributed by atoms with E-state index in [-0.39, 0.29) is 16.7 Å². The van der Waals surface area contributed by atoms with Gasteiger partial charge < -0.3 is 5.32 Å². The Bertz CT molecular complexity index is 501. The minimum absolute atomic E-state index is 0.0205. The number of sulfone groups is 1.